The number of aryl methyl sites for hydroxylation is 1. The zero-order chi connectivity index (χ0) is 21.1. The number of aliphatic hydroxyl groups is 1. The fraction of sp³-hybridized carbons (Fsp3) is 0.652. The highest BCUT2D eigenvalue weighted by Gasteiger charge is 2.56. The maximum absolute atomic E-state index is 12.0. The monoisotopic (exact) mass is 404 g/mol. The molecular weight excluding hydrogens is 372 g/mol. The lowest BCUT2D eigenvalue weighted by Gasteiger charge is -2.59. The third-order valence-electron chi connectivity index (χ3n) is 7.59. The molecule has 160 valence electrons. The molecular formula is C23H32O6. The van der Waals surface area contributed by atoms with Gasteiger partial charge in [0.2, 0.25) is 0 Å². The van der Waals surface area contributed by atoms with Gasteiger partial charge in [-0.05, 0) is 73.0 Å². The second-order valence-corrected chi connectivity index (χ2v) is 8.98. The van der Waals surface area contributed by atoms with Crippen molar-refractivity contribution in [3.8, 4) is 0 Å². The number of fused-ring (bicyclic) bond motifs is 1. The molecule has 0 aliphatic heterocycles. The van der Waals surface area contributed by atoms with Crippen LogP contribution in [0.5, 0.6) is 0 Å². The van der Waals surface area contributed by atoms with Gasteiger partial charge in [0.1, 0.15) is 13.0 Å². The van der Waals surface area contributed by atoms with Gasteiger partial charge in [-0.1, -0.05) is 19.9 Å². The van der Waals surface area contributed by atoms with Gasteiger partial charge in [-0.3, -0.25) is 9.59 Å². The molecule has 1 aromatic heterocycles. The number of carboxylic acids is 1. The Balaban J connectivity index is 1.87. The highest BCUT2D eigenvalue weighted by molar-refractivity contribution is 5.90. The van der Waals surface area contributed by atoms with Crippen molar-refractivity contribution in [2.24, 2.45) is 22.7 Å². The molecule has 0 spiro atoms. The molecule has 0 saturated heterocycles. The van der Waals surface area contributed by atoms with E-state index in [9.17, 15) is 14.7 Å². The van der Waals surface area contributed by atoms with Crippen LogP contribution >= 0.6 is 0 Å². The van der Waals surface area contributed by atoms with E-state index in [1.54, 1.807) is 12.5 Å². The van der Waals surface area contributed by atoms with Gasteiger partial charge in [-0.2, -0.15) is 0 Å². The lowest BCUT2D eigenvalue weighted by atomic mass is 9.46. The summed E-state index contributed by atoms with van der Waals surface area (Å²) in [7, 11) is 0. The molecule has 3 rings (SSSR count). The van der Waals surface area contributed by atoms with Crippen LogP contribution in [0.2, 0.25) is 0 Å². The van der Waals surface area contributed by atoms with Crippen molar-refractivity contribution in [3.63, 3.8) is 0 Å². The number of aliphatic carboxylic acids is 1. The molecule has 1 aromatic rings. The summed E-state index contributed by atoms with van der Waals surface area (Å²) in [6, 6.07) is 2.00. The molecule has 0 bridgehead atoms. The van der Waals surface area contributed by atoms with Crippen LogP contribution in [-0.2, 0) is 20.7 Å². The molecule has 0 radical (unpaired) electrons. The van der Waals surface area contributed by atoms with Crippen molar-refractivity contribution in [2.75, 3.05) is 13.2 Å². The van der Waals surface area contributed by atoms with Crippen molar-refractivity contribution in [1.29, 1.82) is 0 Å². The average Bonchev–Trinajstić information content (AvgIpc) is 3.21. The molecule has 4 atom stereocenters. The molecule has 1 saturated carbocycles. The van der Waals surface area contributed by atoms with E-state index >= 15 is 0 Å². The number of hydrogen-bond acceptors (Lipinski definition) is 5. The van der Waals surface area contributed by atoms with E-state index in [1.807, 2.05) is 6.07 Å². The molecule has 2 aliphatic carbocycles. The van der Waals surface area contributed by atoms with Gasteiger partial charge >= 0.3 is 11.9 Å². The van der Waals surface area contributed by atoms with Crippen molar-refractivity contribution in [1.82, 2.24) is 0 Å². The Labute approximate surface area is 171 Å². The van der Waals surface area contributed by atoms with Crippen LogP contribution in [0, 0.1) is 22.7 Å². The fourth-order valence-electron chi connectivity index (χ4n) is 5.71. The summed E-state index contributed by atoms with van der Waals surface area (Å²) in [5, 5.41) is 19.0. The number of carbonyl (C=O) groups excluding carboxylic acids is 1. The Morgan fingerprint density at radius 3 is 2.79 bits per heavy atom. The highest BCUT2D eigenvalue weighted by atomic mass is 16.5. The molecule has 2 N–H and O–H groups in total. The number of carboxylic acid groups (broad SMARTS) is 1. The molecule has 0 unspecified atom stereocenters. The molecule has 29 heavy (non-hydrogen) atoms. The summed E-state index contributed by atoms with van der Waals surface area (Å²) < 4.78 is 10.7. The number of rotatable bonds is 8. The predicted octanol–water partition coefficient (Wildman–Crippen LogP) is 3.98. The lowest BCUT2D eigenvalue weighted by Crippen LogP contribution is -2.54. The maximum Gasteiger partial charge on any atom is 0.317 e. The normalized spacial score (nSPS) is 31.6. The third kappa shape index (κ3) is 4.27. The van der Waals surface area contributed by atoms with Gasteiger partial charge in [-0.25, -0.2) is 0 Å². The van der Waals surface area contributed by atoms with Gasteiger partial charge in [0.05, 0.1) is 19.1 Å². The second-order valence-electron chi connectivity index (χ2n) is 8.98. The molecule has 1 fully saturated rings. The van der Waals surface area contributed by atoms with E-state index in [0.717, 1.165) is 44.1 Å². The summed E-state index contributed by atoms with van der Waals surface area (Å²) in [5.41, 5.74) is 1.72. The number of furan rings is 1. The van der Waals surface area contributed by atoms with Crippen LogP contribution in [0.1, 0.15) is 57.9 Å². The van der Waals surface area contributed by atoms with E-state index in [4.69, 9.17) is 14.3 Å². The Bertz CT molecular complexity index is 751. The van der Waals surface area contributed by atoms with E-state index in [-0.39, 0.29) is 24.5 Å². The first-order valence-electron chi connectivity index (χ1n) is 10.5. The van der Waals surface area contributed by atoms with Crippen LogP contribution in [-0.4, -0.2) is 35.4 Å². The summed E-state index contributed by atoms with van der Waals surface area (Å²) in [5.74, 6) is -1.14. The standard InChI is InChI=1S/C23H32O6/c1-16-6-10-23(15-29-21(27)12-20(25)26)18(13-24)4-3-5-19(23)22(16,2)9-7-17-8-11-28-14-17/h4,8,11,14,16,19,24H,3,5-7,9-10,12-13,15H2,1-2H3,(H,25,26)/t16-,19-,22+,23-/m1/s1. The Morgan fingerprint density at radius 2 is 2.14 bits per heavy atom. The van der Waals surface area contributed by atoms with Crippen LogP contribution < -0.4 is 0 Å². The predicted molar refractivity (Wildman–Crippen MR) is 107 cm³/mol. The first-order chi connectivity index (χ1) is 13.8. The topological polar surface area (TPSA) is 97.0 Å². The average molecular weight is 405 g/mol. The first-order valence-corrected chi connectivity index (χ1v) is 10.5. The number of hydrogen-bond donors (Lipinski definition) is 2. The van der Waals surface area contributed by atoms with Crippen molar-refractivity contribution < 1.29 is 29.0 Å². The third-order valence-corrected chi connectivity index (χ3v) is 7.59. The second kappa shape index (κ2) is 8.74. The van der Waals surface area contributed by atoms with Crippen LogP contribution in [0.15, 0.2) is 34.7 Å². The number of carbonyl (C=O) groups is 2. The smallest absolute Gasteiger partial charge is 0.317 e. The molecule has 2 aliphatic rings. The minimum Gasteiger partial charge on any atom is -0.481 e. The van der Waals surface area contributed by atoms with Crippen LogP contribution in [0.25, 0.3) is 0 Å². The number of esters is 1. The van der Waals surface area contributed by atoms with E-state index in [1.165, 1.54) is 5.56 Å². The Kier molecular flexibility index (Phi) is 6.52. The summed E-state index contributed by atoms with van der Waals surface area (Å²) in [4.78, 5) is 22.8. The van der Waals surface area contributed by atoms with E-state index in [2.05, 4.69) is 19.9 Å². The van der Waals surface area contributed by atoms with Crippen LogP contribution in [0.3, 0.4) is 0 Å². The van der Waals surface area contributed by atoms with Gasteiger partial charge in [-0.15, -0.1) is 0 Å². The summed E-state index contributed by atoms with van der Waals surface area (Å²) >= 11 is 0. The zero-order valence-electron chi connectivity index (χ0n) is 17.4. The zero-order valence-corrected chi connectivity index (χ0v) is 17.4. The highest BCUT2D eigenvalue weighted by Crippen LogP contribution is 2.62. The maximum atomic E-state index is 12.0. The minimum atomic E-state index is -1.19. The van der Waals surface area contributed by atoms with Crippen molar-refractivity contribution in [3.05, 3.63) is 35.8 Å². The fourth-order valence-corrected chi connectivity index (χ4v) is 5.71. The molecule has 6 heteroatoms. The van der Waals surface area contributed by atoms with Crippen LogP contribution in [0.4, 0.5) is 0 Å². The SMILES string of the molecule is C[C@@H]1CC[C@@]2(COC(=O)CC(=O)O)C(CO)=CCC[C@@H]2[C@@]1(C)CCc1ccoc1. The van der Waals surface area contributed by atoms with Gasteiger partial charge in [0.15, 0.2) is 0 Å². The number of allylic oxidation sites excluding steroid dienone is 1. The van der Waals surface area contributed by atoms with Crippen molar-refractivity contribution in [2.45, 2.75) is 58.8 Å². The number of aliphatic hydroxyl groups excluding tert-OH is 1. The first kappa shape index (κ1) is 21.6. The quantitative estimate of drug-likeness (QED) is 0.386. The largest absolute Gasteiger partial charge is 0.481 e. The number of ether oxygens (including phenoxy) is 1. The summed E-state index contributed by atoms with van der Waals surface area (Å²) in [6.07, 6.45) is 10.5. The Hall–Kier alpha value is -2.08. The van der Waals surface area contributed by atoms with Gasteiger partial charge in [0.25, 0.3) is 0 Å². The van der Waals surface area contributed by atoms with E-state index < -0.39 is 23.8 Å². The van der Waals surface area contributed by atoms with Gasteiger partial charge < -0.3 is 19.4 Å². The Morgan fingerprint density at radius 1 is 1.34 bits per heavy atom. The summed E-state index contributed by atoms with van der Waals surface area (Å²) in [6.45, 7) is 4.71. The minimum absolute atomic E-state index is 0.0173. The molecule has 1 heterocycles. The van der Waals surface area contributed by atoms with E-state index in [0.29, 0.717) is 5.92 Å². The molecule has 0 aromatic carbocycles. The lowest BCUT2D eigenvalue weighted by molar-refractivity contribution is -0.159. The molecule has 0 amide bonds. The van der Waals surface area contributed by atoms with Gasteiger partial charge in [0, 0.05) is 5.41 Å². The molecule has 6 nitrogen and oxygen atoms in total. The van der Waals surface area contributed by atoms with Crippen molar-refractivity contribution >= 4 is 11.9 Å².